The fourth-order valence-corrected chi connectivity index (χ4v) is 2.24. The van der Waals surface area contributed by atoms with Gasteiger partial charge in [0.15, 0.2) is 5.58 Å². The van der Waals surface area contributed by atoms with Gasteiger partial charge < -0.3 is 14.0 Å². The zero-order valence-electron chi connectivity index (χ0n) is 11.2. The molecule has 0 spiro atoms. The molecule has 0 atom stereocenters. The Morgan fingerprint density at radius 1 is 1.35 bits per heavy atom. The molecule has 0 radical (unpaired) electrons. The Morgan fingerprint density at radius 3 is 2.80 bits per heavy atom. The van der Waals surface area contributed by atoms with Gasteiger partial charge in [0.25, 0.3) is 0 Å². The lowest BCUT2D eigenvalue weighted by Gasteiger charge is -2.02. The van der Waals surface area contributed by atoms with E-state index in [1.807, 2.05) is 13.8 Å². The van der Waals surface area contributed by atoms with Gasteiger partial charge in [-0.25, -0.2) is 4.79 Å². The first-order valence-electron chi connectivity index (χ1n) is 6.25. The largest absolute Gasteiger partial charge is 0.420 e. The van der Waals surface area contributed by atoms with E-state index in [9.17, 15) is 9.90 Å². The van der Waals surface area contributed by atoms with E-state index in [1.165, 1.54) is 4.57 Å². The maximum Gasteiger partial charge on any atom is 0.420 e. The molecule has 0 aliphatic heterocycles. The molecule has 6 nitrogen and oxygen atoms in total. The molecule has 0 aliphatic rings. The fraction of sp³-hybridized carbons (Fsp3) is 0.286. The third-order valence-corrected chi connectivity index (χ3v) is 3.41. The first kappa shape index (κ1) is 12.7. The molecule has 0 amide bonds. The third-order valence-electron chi connectivity index (χ3n) is 3.41. The highest BCUT2D eigenvalue weighted by molar-refractivity contribution is 5.73. The van der Waals surface area contributed by atoms with Crippen molar-refractivity contribution < 1.29 is 14.0 Å². The number of aliphatic hydroxyl groups excluding tert-OH is 1. The predicted octanol–water partition coefficient (Wildman–Crippen LogP) is 1.74. The summed E-state index contributed by atoms with van der Waals surface area (Å²) in [5, 5.41) is 13.1. The lowest BCUT2D eigenvalue weighted by atomic mass is 10.2. The molecule has 1 aromatic carbocycles. The van der Waals surface area contributed by atoms with Crippen LogP contribution in [0.15, 0.2) is 31.9 Å². The number of aliphatic hydroxyl groups is 1. The van der Waals surface area contributed by atoms with Crippen LogP contribution in [0.3, 0.4) is 0 Å². The van der Waals surface area contributed by atoms with Crippen molar-refractivity contribution in [2.24, 2.45) is 0 Å². The van der Waals surface area contributed by atoms with Gasteiger partial charge in [-0.2, -0.15) is 0 Å². The maximum absolute atomic E-state index is 12.0. The number of aryl methyl sites for hydroxylation is 2. The van der Waals surface area contributed by atoms with Gasteiger partial charge in [0.2, 0.25) is 0 Å². The minimum Gasteiger partial charge on any atom is -0.408 e. The van der Waals surface area contributed by atoms with Crippen molar-refractivity contribution in [3.8, 4) is 0 Å². The van der Waals surface area contributed by atoms with Crippen molar-refractivity contribution in [3.63, 3.8) is 0 Å². The highest BCUT2D eigenvalue weighted by Gasteiger charge is 2.15. The fourth-order valence-electron chi connectivity index (χ4n) is 2.24. The zero-order valence-corrected chi connectivity index (χ0v) is 11.2. The van der Waals surface area contributed by atoms with Crippen LogP contribution in [0, 0.1) is 13.8 Å². The van der Waals surface area contributed by atoms with Crippen LogP contribution in [0.1, 0.15) is 22.6 Å². The summed E-state index contributed by atoms with van der Waals surface area (Å²) in [6.07, 6.45) is 0. The Labute approximate surface area is 114 Å². The number of fused-ring (bicyclic) bond motifs is 1. The highest BCUT2D eigenvalue weighted by atomic mass is 16.5. The molecule has 3 rings (SSSR count). The maximum atomic E-state index is 12.0. The number of oxazole rings is 1. The summed E-state index contributed by atoms with van der Waals surface area (Å²) in [5.74, 6) is 0.247. The average molecular weight is 274 g/mol. The Hall–Kier alpha value is -2.34. The van der Waals surface area contributed by atoms with E-state index in [0.717, 1.165) is 16.8 Å². The monoisotopic (exact) mass is 274 g/mol. The van der Waals surface area contributed by atoms with Crippen molar-refractivity contribution in [1.29, 1.82) is 0 Å². The predicted molar refractivity (Wildman–Crippen MR) is 71.5 cm³/mol. The number of rotatable bonds is 3. The molecular formula is C14H14N2O4. The zero-order chi connectivity index (χ0) is 14.3. The molecule has 0 saturated heterocycles. The molecule has 2 aromatic heterocycles. The molecule has 104 valence electrons. The minimum atomic E-state index is -0.435. The summed E-state index contributed by atoms with van der Waals surface area (Å²) in [7, 11) is 0. The van der Waals surface area contributed by atoms with E-state index in [-0.39, 0.29) is 6.61 Å². The van der Waals surface area contributed by atoms with Gasteiger partial charge in [0.1, 0.15) is 5.76 Å². The van der Waals surface area contributed by atoms with Crippen molar-refractivity contribution >= 4 is 11.1 Å². The van der Waals surface area contributed by atoms with E-state index in [0.29, 0.717) is 23.4 Å². The first-order valence-corrected chi connectivity index (χ1v) is 6.25. The normalized spacial score (nSPS) is 11.3. The Balaban J connectivity index is 2.15. The van der Waals surface area contributed by atoms with Crippen LogP contribution in [0.25, 0.3) is 11.1 Å². The van der Waals surface area contributed by atoms with Gasteiger partial charge in [-0.15, -0.1) is 0 Å². The van der Waals surface area contributed by atoms with Crippen LogP contribution >= 0.6 is 0 Å². The molecule has 0 bridgehead atoms. The second-order valence-electron chi connectivity index (χ2n) is 4.72. The molecule has 6 heteroatoms. The summed E-state index contributed by atoms with van der Waals surface area (Å²) >= 11 is 0. The van der Waals surface area contributed by atoms with E-state index in [2.05, 4.69) is 5.16 Å². The third kappa shape index (κ3) is 1.94. The molecule has 20 heavy (non-hydrogen) atoms. The van der Waals surface area contributed by atoms with Crippen LogP contribution in [0.4, 0.5) is 0 Å². The van der Waals surface area contributed by atoms with Gasteiger partial charge in [0.05, 0.1) is 24.4 Å². The van der Waals surface area contributed by atoms with Gasteiger partial charge >= 0.3 is 5.76 Å². The molecule has 0 aliphatic carbocycles. The summed E-state index contributed by atoms with van der Waals surface area (Å²) < 4.78 is 11.8. The van der Waals surface area contributed by atoms with Crippen LogP contribution in [-0.2, 0) is 13.2 Å². The number of aromatic nitrogens is 2. The van der Waals surface area contributed by atoms with E-state index in [4.69, 9.17) is 8.94 Å². The molecule has 3 aromatic rings. The van der Waals surface area contributed by atoms with Gasteiger partial charge in [-0.3, -0.25) is 4.57 Å². The summed E-state index contributed by atoms with van der Waals surface area (Å²) in [4.78, 5) is 12.0. The lowest BCUT2D eigenvalue weighted by Crippen LogP contribution is -2.15. The van der Waals surface area contributed by atoms with Crippen LogP contribution < -0.4 is 5.76 Å². The van der Waals surface area contributed by atoms with E-state index in [1.54, 1.807) is 18.2 Å². The van der Waals surface area contributed by atoms with Crippen LogP contribution in [-0.4, -0.2) is 14.8 Å². The minimum absolute atomic E-state index is 0.0827. The average Bonchev–Trinajstić information content (AvgIpc) is 2.92. The smallest absolute Gasteiger partial charge is 0.408 e. The molecule has 0 saturated carbocycles. The Kier molecular flexibility index (Phi) is 2.94. The Bertz CT molecular complexity index is 806. The standard InChI is InChI=1S/C14H14N2O4/c1-8-11(9(2)20-15-8)6-16-12-5-10(7-17)3-4-13(12)19-14(16)18/h3-5,17H,6-7H2,1-2H3. The summed E-state index contributed by atoms with van der Waals surface area (Å²) in [6.45, 7) is 3.89. The van der Waals surface area contributed by atoms with Gasteiger partial charge in [0, 0.05) is 5.56 Å². The molecule has 0 fully saturated rings. The van der Waals surface area contributed by atoms with Crippen molar-refractivity contribution in [3.05, 3.63) is 51.3 Å². The highest BCUT2D eigenvalue weighted by Crippen LogP contribution is 2.19. The summed E-state index contributed by atoms with van der Waals surface area (Å²) in [5.41, 5.74) is 3.50. The number of nitrogens with zero attached hydrogens (tertiary/aromatic N) is 2. The van der Waals surface area contributed by atoms with Crippen molar-refractivity contribution in [1.82, 2.24) is 9.72 Å². The van der Waals surface area contributed by atoms with Crippen molar-refractivity contribution in [2.45, 2.75) is 27.0 Å². The Morgan fingerprint density at radius 2 is 2.15 bits per heavy atom. The van der Waals surface area contributed by atoms with E-state index >= 15 is 0 Å². The van der Waals surface area contributed by atoms with Gasteiger partial charge in [-0.1, -0.05) is 11.2 Å². The van der Waals surface area contributed by atoms with Crippen LogP contribution in [0.5, 0.6) is 0 Å². The second kappa shape index (κ2) is 4.64. The molecule has 0 unspecified atom stereocenters. The second-order valence-corrected chi connectivity index (χ2v) is 4.72. The van der Waals surface area contributed by atoms with Crippen LogP contribution in [0.2, 0.25) is 0 Å². The molecule has 1 N–H and O–H groups in total. The lowest BCUT2D eigenvalue weighted by molar-refractivity contribution is 0.282. The SMILES string of the molecule is Cc1noc(C)c1Cn1c(=O)oc2ccc(CO)cc21. The summed E-state index contributed by atoms with van der Waals surface area (Å²) in [6, 6.07) is 5.16. The quantitative estimate of drug-likeness (QED) is 0.786. The number of hydrogen-bond donors (Lipinski definition) is 1. The number of hydrogen-bond acceptors (Lipinski definition) is 5. The number of benzene rings is 1. The first-order chi connectivity index (χ1) is 9.60. The topological polar surface area (TPSA) is 81.4 Å². The van der Waals surface area contributed by atoms with Gasteiger partial charge in [-0.05, 0) is 31.5 Å². The molecular weight excluding hydrogens is 260 g/mol. The van der Waals surface area contributed by atoms with E-state index < -0.39 is 5.76 Å². The molecule has 2 heterocycles. The van der Waals surface area contributed by atoms with Crippen molar-refractivity contribution in [2.75, 3.05) is 0 Å².